The van der Waals surface area contributed by atoms with Gasteiger partial charge in [-0.1, -0.05) is 19.9 Å². The Kier molecular flexibility index (Phi) is 6.07. The van der Waals surface area contributed by atoms with E-state index in [0.29, 0.717) is 12.5 Å². The number of pyridine rings is 1. The molecule has 0 fully saturated rings. The number of benzene rings is 1. The number of ether oxygens (including phenoxy) is 1. The van der Waals surface area contributed by atoms with E-state index in [2.05, 4.69) is 30.2 Å². The number of rotatable bonds is 8. The van der Waals surface area contributed by atoms with Crippen molar-refractivity contribution in [3.63, 3.8) is 0 Å². The summed E-state index contributed by atoms with van der Waals surface area (Å²) in [5.74, 6) is 1.28. The smallest absolute Gasteiger partial charge is 0.142 e. The van der Waals surface area contributed by atoms with Crippen molar-refractivity contribution in [2.45, 2.75) is 26.7 Å². The highest BCUT2D eigenvalue weighted by Crippen LogP contribution is 2.23. The summed E-state index contributed by atoms with van der Waals surface area (Å²) in [4.78, 5) is 4.08. The molecule has 0 bridgehead atoms. The first-order valence-corrected chi connectivity index (χ1v) is 7.80. The zero-order valence-corrected chi connectivity index (χ0v) is 13.4. The molecule has 0 aliphatic carbocycles. The summed E-state index contributed by atoms with van der Waals surface area (Å²) in [5, 5.41) is 3.36. The fourth-order valence-electron chi connectivity index (χ4n) is 2.13. The molecule has 4 nitrogen and oxygen atoms in total. The van der Waals surface area contributed by atoms with Crippen LogP contribution in [0.3, 0.4) is 0 Å². The predicted octanol–water partition coefficient (Wildman–Crippen LogP) is 3.74. The lowest BCUT2D eigenvalue weighted by molar-refractivity contribution is 0.272. The molecular weight excluding hydrogens is 274 g/mol. The number of aryl methyl sites for hydroxylation is 1. The topological polar surface area (TPSA) is 60.2 Å². The Bertz CT molecular complexity index is 570. The van der Waals surface area contributed by atoms with Gasteiger partial charge in [0.15, 0.2) is 0 Å². The molecule has 0 aliphatic heterocycles. The Labute approximate surface area is 132 Å². The summed E-state index contributed by atoms with van der Waals surface area (Å²) >= 11 is 0. The summed E-state index contributed by atoms with van der Waals surface area (Å²) in [7, 11) is 0. The molecule has 22 heavy (non-hydrogen) atoms. The molecule has 1 aromatic carbocycles. The van der Waals surface area contributed by atoms with Crippen molar-refractivity contribution in [1.82, 2.24) is 4.98 Å². The number of nitrogens with zero attached hydrogens (tertiary/aromatic N) is 1. The lowest BCUT2D eigenvalue weighted by atomic mass is 10.1. The van der Waals surface area contributed by atoms with Crippen molar-refractivity contribution in [2.75, 3.05) is 24.2 Å². The van der Waals surface area contributed by atoms with Crippen molar-refractivity contribution in [3.05, 3.63) is 48.3 Å². The summed E-state index contributed by atoms with van der Waals surface area (Å²) in [5.41, 5.74) is 9.07. The van der Waals surface area contributed by atoms with Crippen LogP contribution in [0.5, 0.6) is 5.75 Å². The molecule has 1 aromatic heterocycles. The van der Waals surface area contributed by atoms with Crippen LogP contribution < -0.4 is 15.8 Å². The normalized spacial score (nSPS) is 10.7. The molecule has 0 aliphatic rings. The van der Waals surface area contributed by atoms with Gasteiger partial charge in [-0.2, -0.15) is 0 Å². The summed E-state index contributed by atoms with van der Waals surface area (Å²) in [6.07, 6.45) is 5.64. The van der Waals surface area contributed by atoms with Crippen molar-refractivity contribution >= 4 is 11.4 Å². The maximum absolute atomic E-state index is 6.05. The molecule has 4 heteroatoms. The lowest BCUT2D eigenvalue weighted by Crippen LogP contribution is -2.07. The molecule has 1 heterocycles. The first-order chi connectivity index (χ1) is 10.6. The Morgan fingerprint density at radius 2 is 2.14 bits per heavy atom. The van der Waals surface area contributed by atoms with E-state index in [-0.39, 0.29) is 0 Å². The molecule has 0 saturated carbocycles. The molecule has 0 unspecified atom stereocenters. The van der Waals surface area contributed by atoms with Gasteiger partial charge in [0.1, 0.15) is 5.75 Å². The van der Waals surface area contributed by atoms with Gasteiger partial charge in [-0.25, -0.2) is 0 Å². The van der Waals surface area contributed by atoms with E-state index in [1.807, 2.05) is 30.5 Å². The highest BCUT2D eigenvalue weighted by molar-refractivity contribution is 5.54. The minimum absolute atomic E-state index is 0.498. The number of hydrogen-bond donors (Lipinski definition) is 2. The highest BCUT2D eigenvalue weighted by atomic mass is 16.5. The number of nitrogens with one attached hydrogen (secondary N) is 1. The molecule has 118 valence electrons. The van der Waals surface area contributed by atoms with Crippen LogP contribution in [0.15, 0.2) is 42.7 Å². The number of nitrogens with two attached hydrogens (primary N) is 1. The monoisotopic (exact) mass is 299 g/mol. The van der Waals surface area contributed by atoms with Gasteiger partial charge < -0.3 is 15.8 Å². The average molecular weight is 299 g/mol. The van der Waals surface area contributed by atoms with Crippen LogP contribution in [0, 0.1) is 5.92 Å². The standard InChI is InChI=1S/C18H25N3O/c1-14(2)13-22-18-8-7-15(11-17(18)19)5-3-10-21-16-6-4-9-20-12-16/h4,6-9,11-12,14,21H,3,5,10,13,19H2,1-2H3. The molecule has 0 amide bonds. The van der Waals surface area contributed by atoms with Crippen LogP contribution >= 0.6 is 0 Å². The maximum atomic E-state index is 6.05. The van der Waals surface area contributed by atoms with Gasteiger partial charge in [0, 0.05) is 18.9 Å². The molecule has 3 N–H and O–H groups in total. The number of nitrogen functional groups attached to an aromatic ring is 1. The van der Waals surface area contributed by atoms with Gasteiger partial charge in [0.05, 0.1) is 18.0 Å². The predicted molar refractivity (Wildman–Crippen MR) is 92.2 cm³/mol. The summed E-state index contributed by atoms with van der Waals surface area (Å²) in [6, 6.07) is 10.0. The fraction of sp³-hybridized carbons (Fsp3) is 0.389. The molecule has 2 rings (SSSR count). The molecule has 2 aromatic rings. The van der Waals surface area contributed by atoms with Crippen LogP contribution in [0.1, 0.15) is 25.8 Å². The van der Waals surface area contributed by atoms with Crippen LogP contribution in [0.4, 0.5) is 11.4 Å². The first kappa shape index (κ1) is 16.1. The second-order valence-electron chi connectivity index (χ2n) is 5.85. The number of aromatic nitrogens is 1. The quantitative estimate of drug-likeness (QED) is 0.576. The SMILES string of the molecule is CC(C)COc1ccc(CCCNc2cccnc2)cc1N. The van der Waals surface area contributed by atoms with E-state index in [0.717, 1.165) is 36.5 Å². The van der Waals surface area contributed by atoms with E-state index in [9.17, 15) is 0 Å². The van der Waals surface area contributed by atoms with Gasteiger partial charge in [-0.05, 0) is 48.6 Å². The second-order valence-corrected chi connectivity index (χ2v) is 5.85. The van der Waals surface area contributed by atoms with E-state index < -0.39 is 0 Å². The Morgan fingerprint density at radius 3 is 2.82 bits per heavy atom. The largest absolute Gasteiger partial charge is 0.491 e. The van der Waals surface area contributed by atoms with Crippen LogP contribution in [-0.2, 0) is 6.42 Å². The first-order valence-electron chi connectivity index (χ1n) is 7.80. The van der Waals surface area contributed by atoms with Crippen molar-refractivity contribution in [1.29, 1.82) is 0 Å². The molecule has 0 atom stereocenters. The second kappa shape index (κ2) is 8.27. The van der Waals surface area contributed by atoms with E-state index in [1.54, 1.807) is 6.20 Å². The molecule has 0 radical (unpaired) electrons. The minimum atomic E-state index is 0.498. The minimum Gasteiger partial charge on any atom is -0.491 e. The van der Waals surface area contributed by atoms with Gasteiger partial charge in [0.25, 0.3) is 0 Å². The third-order valence-electron chi connectivity index (χ3n) is 3.28. The Balaban J connectivity index is 1.77. The van der Waals surface area contributed by atoms with E-state index in [1.165, 1.54) is 5.56 Å². The zero-order valence-electron chi connectivity index (χ0n) is 13.4. The van der Waals surface area contributed by atoms with Crippen molar-refractivity contribution in [2.24, 2.45) is 5.92 Å². The Morgan fingerprint density at radius 1 is 1.27 bits per heavy atom. The molecule has 0 saturated heterocycles. The van der Waals surface area contributed by atoms with Crippen molar-refractivity contribution in [3.8, 4) is 5.75 Å². The van der Waals surface area contributed by atoms with Gasteiger partial charge >= 0.3 is 0 Å². The van der Waals surface area contributed by atoms with Crippen LogP contribution in [0.2, 0.25) is 0 Å². The lowest BCUT2D eigenvalue weighted by Gasteiger charge is -2.12. The highest BCUT2D eigenvalue weighted by Gasteiger charge is 2.03. The fourth-order valence-corrected chi connectivity index (χ4v) is 2.13. The van der Waals surface area contributed by atoms with Gasteiger partial charge in [-0.15, -0.1) is 0 Å². The van der Waals surface area contributed by atoms with Crippen LogP contribution in [-0.4, -0.2) is 18.1 Å². The maximum Gasteiger partial charge on any atom is 0.142 e. The summed E-state index contributed by atoms with van der Waals surface area (Å²) < 4.78 is 5.69. The number of anilines is 2. The van der Waals surface area contributed by atoms with Gasteiger partial charge in [-0.3, -0.25) is 4.98 Å². The van der Waals surface area contributed by atoms with Gasteiger partial charge in [0.2, 0.25) is 0 Å². The third kappa shape index (κ3) is 5.28. The summed E-state index contributed by atoms with van der Waals surface area (Å²) in [6.45, 7) is 5.86. The zero-order chi connectivity index (χ0) is 15.8. The molecule has 0 spiro atoms. The number of hydrogen-bond acceptors (Lipinski definition) is 4. The Hall–Kier alpha value is -2.23. The van der Waals surface area contributed by atoms with E-state index >= 15 is 0 Å². The van der Waals surface area contributed by atoms with E-state index in [4.69, 9.17) is 10.5 Å². The molecular formula is C18H25N3O. The van der Waals surface area contributed by atoms with Crippen LogP contribution in [0.25, 0.3) is 0 Å². The average Bonchev–Trinajstić information content (AvgIpc) is 2.51. The van der Waals surface area contributed by atoms with Crippen molar-refractivity contribution < 1.29 is 4.74 Å². The third-order valence-corrected chi connectivity index (χ3v) is 3.28.